The van der Waals surface area contributed by atoms with Gasteiger partial charge in [0.25, 0.3) is 5.91 Å². The number of benzene rings is 1. The highest BCUT2D eigenvalue weighted by molar-refractivity contribution is 6.01. The summed E-state index contributed by atoms with van der Waals surface area (Å²) in [6.45, 7) is 4.06. The first-order valence-corrected chi connectivity index (χ1v) is 7.12. The summed E-state index contributed by atoms with van der Waals surface area (Å²) in [6, 6.07) is 9.22. The lowest BCUT2D eigenvalue weighted by atomic mass is 10.0. The van der Waals surface area contributed by atoms with Gasteiger partial charge in [-0.2, -0.15) is 5.26 Å². The average Bonchev–Trinajstić information content (AvgIpc) is 3.06. The monoisotopic (exact) mass is 310 g/mol. The third-order valence-electron chi connectivity index (χ3n) is 3.45. The maximum atomic E-state index is 12.1. The van der Waals surface area contributed by atoms with Crippen molar-refractivity contribution < 1.29 is 13.9 Å². The number of aryl methyl sites for hydroxylation is 2. The maximum absolute atomic E-state index is 12.1. The highest BCUT2D eigenvalue weighted by atomic mass is 16.5. The Labute approximate surface area is 135 Å². The Morgan fingerprint density at radius 1 is 1.39 bits per heavy atom. The minimum atomic E-state index is -0.434. The number of rotatable bonds is 5. The standard InChI is InChI=1S/C18H18N2O3/c1-12-8-17(22-3)13(2)7-14(12)9-15(10-19)18(21)20-11-16-5-4-6-23-16/h4-9H,11H2,1-3H3,(H,20,21). The van der Waals surface area contributed by atoms with Gasteiger partial charge >= 0.3 is 0 Å². The van der Waals surface area contributed by atoms with Crippen molar-refractivity contribution in [1.82, 2.24) is 5.32 Å². The van der Waals surface area contributed by atoms with Crippen LogP contribution in [0.15, 0.2) is 40.5 Å². The van der Waals surface area contributed by atoms with Crippen molar-refractivity contribution in [2.24, 2.45) is 0 Å². The van der Waals surface area contributed by atoms with Crippen molar-refractivity contribution in [3.63, 3.8) is 0 Å². The molecule has 1 aromatic carbocycles. The number of hydrogen-bond acceptors (Lipinski definition) is 4. The second-order valence-electron chi connectivity index (χ2n) is 5.11. The zero-order valence-corrected chi connectivity index (χ0v) is 13.3. The Balaban J connectivity index is 2.19. The Kier molecular flexibility index (Phi) is 5.21. The summed E-state index contributed by atoms with van der Waals surface area (Å²) in [5, 5.41) is 11.9. The minimum Gasteiger partial charge on any atom is -0.496 e. The van der Waals surface area contributed by atoms with Crippen LogP contribution in [0.2, 0.25) is 0 Å². The van der Waals surface area contributed by atoms with Gasteiger partial charge in [0, 0.05) is 0 Å². The van der Waals surface area contributed by atoms with Crippen LogP contribution in [0.1, 0.15) is 22.5 Å². The Morgan fingerprint density at radius 2 is 2.17 bits per heavy atom. The number of furan rings is 1. The fourth-order valence-corrected chi connectivity index (χ4v) is 2.17. The fraction of sp³-hybridized carbons (Fsp3) is 0.222. The second-order valence-corrected chi connectivity index (χ2v) is 5.11. The van der Waals surface area contributed by atoms with Crippen molar-refractivity contribution in [3.8, 4) is 11.8 Å². The summed E-state index contributed by atoms with van der Waals surface area (Å²) in [5.41, 5.74) is 2.73. The van der Waals surface area contributed by atoms with E-state index in [1.165, 1.54) is 6.26 Å². The molecule has 2 aromatic rings. The van der Waals surface area contributed by atoms with Crippen LogP contribution in [0, 0.1) is 25.2 Å². The van der Waals surface area contributed by atoms with Crippen LogP contribution in [0.4, 0.5) is 0 Å². The van der Waals surface area contributed by atoms with Gasteiger partial charge < -0.3 is 14.5 Å². The van der Waals surface area contributed by atoms with Crippen molar-refractivity contribution in [2.45, 2.75) is 20.4 Å². The Hall–Kier alpha value is -3.00. The van der Waals surface area contributed by atoms with Crippen LogP contribution in [-0.4, -0.2) is 13.0 Å². The van der Waals surface area contributed by atoms with Gasteiger partial charge in [0.2, 0.25) is 0 Å². The first kappa shape index (κ1) is 16.4. The van der Waals surface area contributed by atoms with E-state index in [0.717, 1.165) is 22.4 Å². The lowest BCUT2D eigenvalue weighted by Crippen LogP contribution is -2.23. The summed E-state index contributed by atoms with van der Waals surface area (Å²) in [4.78, 5) is 12.1. The summed E-state index contributed by atoms with van der Waals surface area (Å²) in [6.07, 6.45) is 3.12. The molecule has 0 aliphatic carbocycles. The van der Waals surface area contributed by atoms with Gasteiger partial charge in [-0.3, -0.25) is 4.79 Å². The van der Waals surface area contributed by atoms with Crippen molar-refractivity contribution in [3.05, 3.63) is 58.6 Å². The van der Waals surface area contributed by atoms with Crippen molar-refractivity contribution in [1.29, 1.82) is 5.26 Å². The van der Waals surface area contributed by atoms with Crippen LogP contribution in [0.3, 0.4) is 0 Å². The van der Waals surface area contributed by atoms with E-state index in [1.807, 2.05) is 32.0 Å². The third-order valence-corrected chi connectivity index (χ3v) is 3.45. The number of nitriles is 1. The second kappa shape index (κ2) is 7.32. The van der Waals surface area contributed by atoms with Crippen molar-refractivity contribution >= 4 is 12.0 Å². The van der Waals surface area contributed by atoms with Crippen LogP contribution < -0.4 is 10.1 Å². The number of nitrogens with zero attached hydrogens (tertiary/aromatic N) is 1. The molecule has 0 unspecified atom stereocenters. The predicted molar refractivity (Wildman–Crippen MR) is 86.6 cm³/mol. The van der Waals surface area contributed by atoms with E-state index >= 15 is 0 Å². The van der Waals surface area contributed by atoms with E-state index in [1.54, 1.807) is 25.3 Å². The molecule has 1 amide bonds. The van der Waals surface area contributed by atoms with E-state index < -0.39 is 5.91 Å². The molecule has 0 aliphatic rings. The number of nitrogens with one attached hydrogen (secondary N) is 1. The SMILES string of the molecule is COc1cc(C)c(C=C(C#N)C(=O)NCc2ccco2)cc1C. The molecule has 0 aliphatic heterocycles. The van der Waals surface area contributed by atoms with Crippen LogP contribution >= 0.6 is 0 Å². The molecule has 0 fully saturated rings. The molecule has 0 saturated carbocycles. The average molecular weight is 310 g/mol. The van der Waals surface area contributed by atoms with Crippen LogP contribution in [0.25, 0.3) is 6.08 Å². The number of carbonyl (C=O) groups is 1. The summed E-state index contributed by atoms with van der Waals surface area (Å²) in [7, 11) is 1.61. The molecule has 1 N–H and O–H groups in total. The molecular formula is C18H18N2O3. The number of carbonyl (C=O) groups excluding carboxylic acids is 1. The molecule has 5 nitrogen and oxygen atoms in total. The van der Waals surface area contributed by atoms with Crippen molar-refractivity contribution in [2.75, 3.05) is 7.11 Å². The molecule has 0 atom stereocenters. The molecule has 0 radical (unpaired) electrons. The van der Waals surface area contributed by atoms with E-state index in [9.17, 15) is 10.1 Å². The molecule has 0 bridgehead atoms. The molecule has 23 heavy (non-hydrogen) atoms. The number of ether oxygens (including phenoxy) is 1. The Morgan fingerprint density at radius 3 is 2.78 bits per heavy atom. The summed E-state index contributed by atoms with van der Waals surface area (Å²) < 4.78 is 10.4. The highest BCUT2D eigenvalue weighted by Crippen LogP contribution is 2.24. The van der Waals surface area contributed by atoms with Crippen LogP contribution in [-0.2, 0) is 11.3 Å². The van der Waals surface area contributed by atoms with E-state index in [-0.39, 0.29) is 12.1 Å². The smallest absolute Gasteiger partial charge is 0.262 e. The molecule has 0 spiro atoms. The zero-order valence-electron chi connectivity index (χ0n) is 13.3. The lowest BCUT2D eigenvalue weighted by molar-refractivity contribution is -0.117. The van der Waals surface area contributed by atoms with Gasteiger partial charge in [-0.25, -0.2) is 0 Å². The molecule has 1 heterocycles. The third kappa shape index (κ3) is 4.01. The quantitative estimate of drug-likeness (QED) is 0.680. The summed E-state index contributed by atoms with van der Waals surface area (Å²) in [5.74, 6) is 0.976. The largest absolute Gasteiger partial charge is 0.496 e. The molecule has 2 rings (SSSR count). The van der Waals surface area contributed by atoms with Crippen LogP contribution in [0.5, 0.6) is 5.75 Å². The lowest BCUT2D eigenvalue weighted by Gasteiger charge is -2.09. The Bertz CT molecular complexity index is 768. The molecule has 0 saturated heterocycles. The maximum Gasteiger partial charge on any atom is 0.262 e. The highest BCUT2D eigenvalue weighted by Gasteiger charge is 2.11. The number of hydrogen-bond donors (Lipinski definition) is 1. The van der Waals surface area contributed by atoms with Gasteiger partial charge in [0.1, 0.15) is 23.2 Å². The minimum absolute atomic E-state index is 0.0456. The molecular weight excluding hydrogens is 292 g/mol. The van der Waals surface area contributed by atoms with Gasteiger partial charge in [0.15, 0.2) is 0 Å². The van der Waals surface area contributed by atoms with E-state index in [0.29, 0.717) is 5.76 Å². The number of methoxy groups -OCH3 is 1. The topological polar surface area (TPSA) is 75.3 Å². The van der Waals surface area contributed by atoms with E-state index in [2.05, 4.69) is 5.32 Å². The van der Waals surface area contributed by atoms with Gasteiger partial charge in [-0.15, -0.1) is 0 Å². The molecule has 5 heteroatoms. The van der Waals surface area contributed by atoms with Gasteiger partial charge in [0.05, 0.1) is 19.9 Å². The molecule has 1 aromatic heterocycles. The zero-order chi connectivity index (χ0) is 16.8. The first-order valence-electron chi connectivity index (χ1n) is 7.12. The normalized spacial score (nSPS) is 11.0. The number of amides is 1. The first-order chi connectivity index (χ1) is 11.0. The fourth-order valence-electron chi connectivity index (χ4n) is 2.17. The molecule has 118 valence electrons. The predicted octanol–water partition coefficient (Wildman–Crippen LogP) is 3.13. The van der Waals surface area contributed by atoms with Gasteiger partial charge in [-0.1, -0.05) is 0 Å². The van der Waals surface area contributed by atoms with Gasteiger partial charge in [-0.05, 0) is 60.9 Å². The van der Waals surface area contributed by atoms with E-state index in [4.69, 9.17) is 9.15 Å². The summed E-state index contributed by atoms with van der Waals surface area (Å²) >= 11 is 0.